The molecule has 2 nitrogen and oxygen atoms in total. The molecule has 0 aromatic carbocycles. The maximum Gasteiger partial charge on any atom is 0.00505 e. The highest BCUT2D eigenvalue weighted by molar-refractivity contribution is 4.90. The van der Waals surface area contributed by atoms with Crippen LogP contribution in [0.4, 0.5) is 0 Å². The molecule has 0 saturated carbocycles. The van der Waals surface area contributed by atoms with Crippen molar-refractivity contribution in [1.82, 2.24) is 10.2 Å². The van der Waals surface area contributed by atoms with Gasteiger partial charge in [0.2, 0.25) is 0 Å². The van der Waals surface area contributed by atoms with Crippen molar-refractivity contribution < 1.29 is 0 Å². The van der Waals surface area contributed by atoms with Gasteiger partial charge in [0.05, 0.1) is 0 Å². The third-order valence-electron chi connectivity index (χ3n) is 5.69. The highest BCUT2D eigenvalue weighted by Gasteiger charge is 2.35. The molecule has 2 unspecified atom stereocenters. The Bertz CT molecular complexity index is 273. The van der Waals surface area contributed by atoms with Gasteiger partial charge in [0.25, 0.3) is 0 Å². The summed E-state index contributed by atoms with van der Waals surface area (Å²) in [5.74, 6) is 0.914. The van der Waals surface area contributed by atoms with Gasteiger partial charge in [0.15, 0.2) is 0 Å². The molecule has 2 heterocycles. The Labute approximate surface area is 120 Å². The van der Waals surface area contributed by atoms with Gasteiger partial charge in [-0.25, -0.2) is 0 Å². The fourth-order valence-corrected chi connectivity index (χ4v) is 4.00. The molecule has 2 atom stereocenters. The largest absolute Gasteiger partial charge is 0.316 e. The van der Waals surface area contributed by atoms with Crippen molar-refractivity contribution in [3.63, 3.8) is 0 Å². The first-order valence-electron chi connectivity index (χ1n) is 8.38. The van der Waals surface area contributed by atoms with Crippen LogP contribution in [-0.2, 0) is 0 Å². The molecule has 1 N–H and O–H groups in total. The van der Waals surface area contributed by atoms with Crippen molar-refractivity contribution in [2.24, 2.45) is 16.7 Å². The quantitative estimate of drug-likeness (QED) is 0.841. The van der Waals surface area contributed by atoms with Crippen LogP contribution in [0.3, 0.4) is 0 Å². The lowest BCUT2D eigenvalue weighted by atomic mass is 9.77. The maximum atomic E-state index is 3.58. The Morgan fingerprint density at radius 3 is 2.58 bits per heavy atom. The predicted molar refractivity (Wildman–Crippen MR) is 83.4 cm³/mol. The number of rotatable bonds is 3. The monoisotopic (exact) mass is 266 g/mol. The molecular formula is C17H34N2. The third kappa shape index (κ3) is 3.95. The van der Waals surface area contributed by atoms with Crippen molar-refractivity contribution in [1.29, 1.82) is 0 Å². The molecule has 2 rings (SSSR count). The molecule has 2 aliphatic rings. The van der Waals surface area contributed by atoms with Gasteiger partial charge in [0.1, 0.15) is 0 Å². The van der Waals surface area contributed by atoms with Gasteiger partial charge in [-0.2, -0.15) is 0 Å². The van der Waals surface area contributed by atoms with E-state index in [1.807, 2.05) is 0 Å². The summed E-state index contributed by atoms with van der Waals surface area (Å²) >= 11 is 0. The molecule has 0 bridgehead atoms. The predicted octanol–water partition coefficient (Wildman–Crippen LogP) is 3.52. The minimum absolute atomic E-state index is 0.493. The minimum Gasteiger partial charge on any atom is -0.316 e. The lowest BCUT2D eigenvalue weighted by Gasteiger charge is -2.34. The van der Waals surface area contributed by atoms with E-state index in [1.165, 1.54) is 64.8 Å². The summed E-state index contributed by atoms with van der Waals surface area (Å²) in [6.07, 6.45) is 6.94. The van der Waals surface area contributed by atoms with Gasteiger partial charge in [-0.1, -0.05) is 27.7 Å². The van der Waals surface area contributed by atoms with Crippen LogP contribution in [0, 0.1) is 16.7 Å². The van der Waals surface area contributed by atoms with E-state index in [0.29, 0.717) is 10.8 Å². The first-order chi connectivity index (χ1) is 8.95. The van der Waals surface area contributed by atoms with Crippen LogP contribution < -0.4 is 5.32 Å². The molecular weight excluding hydrogens is 232 g/mol. The third-order valence-corrected chi connectivity index (χ3v) is 5.69. The van der Waals surface area contributed by atoms with Gasteiger partial charge in [-0.3, -0.25) is 0 Å². The number of hydrogen-bond acceptors (Lipinski definition) is 2. The summed E-state index contributed by atoms with van der Waals surface area (Å²) < 4.78 is 0. The molecule has 0 radical (unpaired) electrons. The van der Waals surface area contributed by atoms with E-state index in [2.05, 4.69) is 37.9 Å². The number of likely N-dealkylation sites (tertiary alicyclic amines) is 1. The van der Waals surface area contributed by atoms with E-state index >= 15 is 0 Å². The molecule has 19 heavy (non-hydrogen) atoms. The number of nitrogens with zero attached hydrogens (tertiary/aromatic N) is 1. The molecule has 2 aliphatic heterocycles. The highest BCUT2D eigenvalue weighted by Crippen LogP contribution is 2.36. The lowest BCUT2D eigenvalue weighted by Crippen LogP contribution is -2.39. The average molecular weight is 266 g/mol. The van der Waals surface area contributed by atoms with E-state index in [9.17, 15) is 0 Å². The second-order valence-electron chi connectivity index (χ2n) is 8.05. The average Bonchev–Trinajstić information content (AvgIpc) is 2.67. The lowest BCUT2D eigenvalue weighted by molar-refractivity contribution is 0.154. The standard InChI is InChI=1S/C17H34N2/c1-5-17(9-10-18-13-17)14-19-11-6-7-15(8-12-19)16(2,3)4/h15,18H,5-14H2,1-4H3. The topological polar surface area (TPSA) is 15.3 Å². The highest BCUT2D eigenvalue weighted by atomic mass is 15.1. The Kier molecular flexibility index (Phi) is 4.94. The first kappa shape index (κ1) is 15.3. The molecule has 2 fully saturated rings. The van der Waals surface area contributed by atoms with Crippen molar-refractivity contribution in [3.05, 3.63) is 0 Å². The normalized spacial score (nSPS) is 34.4. The molecule has 0 amide bonds. The summed E-state index contributed by atoms with van der Waals surface area (Å²) in [5.41, 5.74) is 1.06. The van der Waals surface area contributed by atoms with Crippen LogP contribution in [-0.4, -0.2) is 37.6 Å². The second-order valence-corrected chi connectivity index (χ2v) is 8.05. The summed E-state index contributed by atoms with van der Waals surface area (Å²) in [6.45, 7) is 16.1. The van der Waals surface area contributed by atoms with E-state index in [4.69, 9.17) is 0 Å². The smallest absolute Gasteiger partial charge is 0.00505 e. The minimum atomic E-state index is 0.493. The van der Waals surface area contributed by atoms with Gasteiger partial charge in [-0.15, -0.1) is 0 Å². The first-order valence-corrected chi connectivity index (χ1v) is 8.38. The molecule has 0 aromatic heterocycles. The van der Waals surface area contributed by atoms with Crippen molar-refractivity contribution in [2.75, 3.05) is 32.7 Å². The van der Waals surface area contributed by atoms with E-state index in [0.717, 1.165) is 5.92 Å². The van der Waals surface area contributed by atoms with Crippen LogP contribution in [0.2, 0.25) is 0 Å². The van der Waals surface area contributed by atoms with Crippen molar-refractivity contribution in [3.8, 4) is 0 Å². The van der Waals surface area contributed by atoms with Crippen LogP contribution in [0.5, 0.6) is 0 Å². The summed E-state index contributed by atoms with van der Waals surface area (Å²) in [4.78, 5) is 2.77. The summed E-state index contributed by atoms with van der Waals surface area (Å²) in [5, 5.41) is 3.58. The van der Waals surface area contributed by atoms with Crippen LogP contribution >= 0.6 is 0 Å². The zero-order chi connectivity index (χ0) is 13.9. The Hall–Kier alpha value is -0.0800. The van der Waals surface area contributed by atoms with Gasteiger partial charge in [0, 0.05) is 13.1 Å². The SMILES string of the molecule is CCC1(CN2CCCC(C(C)(C)C)CC2)CCNC1. The van der Waals surface area contributed by atoms with Crippen LogP contribution in [0.15, 0.2) is 0 Å². The Balaban J connectivity index is 1.89. The van der Waals surface area contributed by atoms with Crippen molar-refractivity contribution in [2.45, 2.75) is 59.8 Å². The second kappa shape index (κ2) is 6.13. The summed E-state index contributed by atoms with van der Waals surface area (Å²) in [7, 11) is 0. The summed E-state index contributed by atoms with van der Waals surface area (Å²) in [6, 6.07) is 0. The van der Waals surface area contributed by atoms with Gasteiger partial charge >= 0.3 is 0 Å². The molecule has 2 saturated heterocycles. The molecule has 112 valence electrons. The Morgan fingerprint density at radius 1 is 1.21 bits per heavy atom. The van der Waals surface area contributed by atoms with E-state index in [1.54, 1.807) is 0 Å². The van der Waals surface area contributed by atoms with Crippen molar-refractivity contribution >= 4 is 0 Å². The van der Waals surface area contributed by atoms with Crippen LogP contribution in [0.1, 0.15) is 59.8 Å². The van der Waals surface area contributed by atoms with Crippen LogP contribution in [0.25, 0.3) is 0 Å². The molecule has 0 spiro atoms. The Morgan fingerprint density at radius 2 is 2.00 bits per heavy atom. The fourth-order valence-electron chi connectivity index (χ4n) is 4.00. The maximum absolute atomic E-state index is 3.58. The van der Waals surface area contributed by atoms with Gasteiger partial charge < -0.3 is 10.2 Å². The fraction of sp³-hybridized carbons (Fsp3) is 1.00. The molecule has 0 aromatic rings. The molecule has 0 aliphatic carbocycles. The number of hydrogen-bond donors (Lipinski definition) is 1. The van der Waals surface area contributed by atoms with E-state index < -0.39 is 0 Å². The molecule has 2 heteroatoms. The van der Waals surface area contributed by atoms with E-state index in [-0.39, 0.29) is 0 Å². The van der Waals surface area contributed by atoms with Gasteiger partial charge in [-0.05, 0) is 68.5 Å². The zero-order valence-electron chi connectivity index (χ0n) is 13.6. The zero-order valence-corrected chi connectivity index (χ0v) is 13.6. The number of nitrogens with one attached hydrogen (secondary N) is 1.